The number of rotatable bonds is 5. The Bertz CT molecular complexity index is 261. The summed E-state index contributed by atoms with van der Waals surface area (Å²) in [6.45, 7) is 3.30. The van der Waals surface area contributed by atoms with Crippen molar-refractivity contribution < 1.29 is 0 Å². The first-order valence-electron chi connectivity index (χ1n) is 6.61. The zero-order valence-corrected chi connectivity index (χ0v) is 10.1. The van der Waals surface area contributed by atoms with Crippen molar-refractivity contribution in [1.29, 1.82) is 0 Å². The van der Waals surface area contributed by atoms with E-state index >= 15 is 0 Å². The smallest absolute Gasteiger partial charge is 0.0946 e. The summed E-state index contributed by atoms with van der Waals surface area (Å²) >= 11 is 0. The standard InChI is InChI=1S/C13H23N3/c1-2-4-6-13(5-3-1)11-14-7-9-16-10-8-15-12-16/h8,10,12-14H,1-7,9,11H2. The Morgan fingerprint density at radius 1 is 1.19 bits per heavy atom. The van der Waals surface area contributed by atoms with E-state index in [0.717, 1.165) is 19.0 Å². The molecule has 0 amide bonds. The Morgan fingerprint density at radius 3 is 2.69 bits per heavy atom. The van der Waals surface area contributed by atoms with Crippen LogP contribution < -0.4 is 5.32 Å². The molecule has 1 fully saturated rings. The van der Waals surface area contributed by atoms with Gasteiger partial charge in [0.15, 0.2) is 0 Å². The van der Waals surface area contributed by atoms with Crippen LogP contribution in [-0.2, 0) is 6.54 Å². The van der Waals surface area contributed by atoms with Crippen LogP contribution >= 0.6 is 0 Å². The fourth-order valence-corrected chi connectivity index (χ4v) is 2.50. The molecule has 1 N–H and O–H groups in total. The number of aromatic nitrogens is 2. The average molecular weight is 221 g/mol. The van der Waals surface area contributed by atoms with E-state index in [-0.39, 0.29) is 0 Å². The number of nitrogens with one attached hydrogen (secondary N) is 1. The van der Waals surface area contributed by atoms with Crippen LogP contribution in [0.2, 0.25) is 0 Å². The highest BCUT2D eigenvalue weighted by molar-refractivity contribution is 4.74. The van der Waals surface area contributed by atoms with Crippen LogP contribution in [0.4, 0.5) is 0 Å². The third-order valence-electron chi connectivity index (χ3n) is 3.51. The van der Waals surface area contributed by atoms with Gasteiger partial charge in [-0.05, 0) is 25.3 Å². The molecule has 0 aromatic carbocycles. The molecule has 90 valence electrons. The van der Waals surface area contributed by atoms with Gasteiger partial charge in [0.05, 0.1) is 6.33 Å². The van der Waals surface area contributed by atoms with Gasteiger partial charge in [0.2, 0.25) is 0 Å². The van der Waals surface area contributed by atoms with Gasteiger partial charge < -0.3 is 9.88 Å². The highest BCUT2D eigenvalue weighted by Gasteiger charge is 2.11. The average Bonchev–Trinajstić information content (AvgIpc) is 2.68. The number of imidazole rings is 1. The zero-order chi connectivity index (χ0) is 11.1. The summed E-state index contributed by atoms with van der Waals surface area (Å²) in [5, 5.41) is 3.57. The molecule has 16 heavy (non-hydrogen) atoms. The first kappa shape index (κ1) is 11.6. The van der Waals surface area contributed by atoms with E-state index in [9.17, 15) is 0 Å². The summed E-state index contributed by atoms with van der Waals surface area (Å²) in [4.78, 5) is 4.04. The summed E-state index contributed by atoms with van der Waals surface area (Å²) in [7, 11) is 0. The minimum Gasteiger partial charge on any atom is -0.336 e. The molecule has 3 nitrogen and oxygen atoms in total. The number of nitrogens with zero attached hydrogens (tertiary/aromatic N) is 2. The van der Waals surface area contributed by atoms with Crippen LogP contribution in [0.1, 0.15) is 38.5 Å². The molecule has 0 spiro atoms. The largest absolute Gasteiger partial charge is 0.336 e. The molecule has 1 aliphatic rings. The SMILES string of the molecule is c1cn(CCNCC2CCCCCC2)cn1. The van der Waals surface area contributed by atoms with Gasteiger partial charge in [-0.1, -0.05) is 25.7 Å². The van der Waals surface area contributed by atoms with Crippen LogP contribution in [0.5, 0.6) is 0 Å². The Labute approximate surface area is 98.3 Å². The maximum Gasteiger partial charge on any atom is 0.0946 e. The Balaban J connectivity index is 1.56. The van der Waals surface area contributed by atoms with Gasteiger partial charge in [-0.3, -0.25) is 0 Å². The monoisotopic (exact) mass is 221 g/mol. The van der Waals surface area contributed by atoms with Crippen molar-refractivity contribution in [2.45, 2.75) is 45.1 Å². The fraction of sp³-hybridized carbons (Fsp3) is 0.769. The lowest BCUT2D eigenvalue weighted by Gasteiger charge is -2.14. The van der Waals surface area contributed by atoms with Crippen LogP contribution in [0.15, 0.2) is 18.7 Å². The molecule has 2 rings (SSSR count). The summed E-state index contributed by atoms with van der Waals surface area (Å²) in [5.41, 5.74) is 0. The second-order valence-electron chi connectivity index (χ2n) is 4.86. The third kappa shape index (κ3) is 3.97. The molecule has 0 bridgehead atoms. The Kier molecular flexibility index (Phi) is 4.87. The zero-order valence-electron chi connectivity index (χ0n) is 10.1. The van der Waals surface area contributed by atoms with Gasteiger partial charge in [0.25, 0.3) is 0 Å². The molecule has 3 heteroatoms. The van der Waals surface area contributed by atoms with Crippen LogP contribution in [0, 0.1) is 5.92 Å². The van der Waals surface area contributed by atoms with E-state index < -0.39 is 0 Å². The molecule has 1 heterocycles. The van der Waals surface area contributed by atoms with Crippen LogP contribution in [0.25, 0.3) is 0 Å². The van der Waals surface area contributed by atoms with E-state index in [1.165, 1.54) is 45.1 Å². The lowest BCUT2D eigenvalue weighted by molar-refractivity contribution is 0.420. The maximum atomic E-state index is 4.04. The molecule has 0 saturated heterocycles. The molecular weight excluding hydrogens is 198 g/mol. The van der Waals surface area contributed by atoms with Gasteiger partial charge in [-0.15, -0.1) is 0 Å². The van der Waals surface area contributed by atoms with Crippen molar-refractivity contribution in [1.82, 2.24) is 14.9 Å². The summed E-state index contributed by atoms with van der Waals surface area (Å²) in [6, 6.07) is 0. The van der Waals surface area contributed by atoms with E-state index in [1.54, 1.807) is 0 Å². The minimum absolute atomic E-state index is 0.922. The second kappa shape index (κ2) is 6.69. The lowest BCUT2D eigenvalue weighted by atomic mass is 10.0. The van der Waals surface area contributed by atoms with Gasteiger partial charge in [0, 0.05) is 25.5 Å². The molecule has 1 aromatic rings. The summed E-state index contributed by atoms with van der Waals surface area (Å²) < 4.78 is 2.13. The van der Waals surface area contributed by atoms with Crippen LogP contribution in [-0.4, -0.2) is 22.6 Å². The molecule has 0 unspecified atom stereocenters. The van der Waals surface area contributed by atoms with Crippen molar-refractivity contribution in [2.75, 3.05) is 13.1 Å². The molecular formula is C13H23N3. The quantitative estimate of drug-likeness (QED) is 0.611. The van der Waals surface area contributed by atoms with Crippen molar-refractivity contribution >= 4 is 0 Å². The molecule has 0 atom stereocenters. The number of hydrogen-bond donors (Lipinski definition) is 1. The Hall–Kier alpha value is -0.830. The topological polar surface area (TPSA) is 29.9 Å². The number of hydrogen-bond acceptors (Lipinski definition) is 2. The van der Waals surface area contributed by atoms with E-state index in [2.05, 4.69) is 14.9 Å². The van der Waals surface area contributed by atoms with Crippen molar-refractivity contribution in [2.24, 2.45) is 5.92 Å². The molecule has 1 aromatic heterocycles. The minimum atomic E-state index is 0.922. The Morgan fingerprint density at radius 2 is 2.00 bits per heavy atom. The molecule has 1 saturated carbocycles. The molecule has 1 aliphatic carbocycles. The second-order valence-corrected chi connectivity index (χ2v) is 4.86. The van der Waals surface area contributed by atoms with Gasteiger partial charge >= 0.3 is 0 Å². The van der Waals surface area contributed by atoms with Gasteiger partial charge in [-0.2, -0.15) is 0 Å². The van der Waals surface area contributed by atoms with Gasteiger partial charge in [-0.25, -0.2) is 4.98 Å². The fourth-order valence-electron chi connectivity index (χ4n) is 2.50. The first-order chi connectivity index (χ1) is 7.95. The summed E-state index contributed by atoms with van der Waals surface area (Å²) in [6.07, 6.45) is 14.4. The highest BCUT2D eigenvalue weighted by atomic mass is 15.0. The molecule has 0 aliphatic heterocycles. The van der Waals surface area contributed by atoms with E-state index in [1.807, 2.05) is 18.7 Å². The van der Waals surface area contributed by atoms with Crippen molar-refractivity contribution in [3.05, 3.63) is 18.7 Å². The maximum absolute atomic E-state index is 4.04. The first-order valence-corrected chi connectivity index (χ1v) is 6.61. The highest BCUT2D eigenvalue weighted by Crippen LogP contribution is 2.21. The van der Waals surface area contributed by atoms with E-state index in [0.29, 0.717) is 0 Å². The third-order valence-corrected chi connectivity index (χ3v) is 3.51. The van der Waals surface area contributed by atoms with Crippen LogP contribution in [0.3, 0.4) is 0 Å². The summed E-state index contributed by atoms with van der Waals surface area (Å²) in [5.74, 6) is 0.922. The molecule has 0 radical (unpaired) electrons. The van der Waals surface area contributed by atoms with Crippen molar-refractivity contribution in [3.8, 4) is 0 Å². The van der Waals surface area contributed by atoms with E-state index in [4.69, 9.17) is 0 Å². The normalized spacial score (nSPS) is 18.5. The van der Waals surface area contributed by atoms with Gasteiger partial charge in [0.1, 0.15) is 0 Å². The predicted molar refractivity (Wildman–Crippen MR) is 66.3 cm³/mol. The predicted octanol–water partition coefficient (Wildman–Crippen LogP) is 2.44. The lowest BCUT2D eigenvalue weighted by Crippen LogP contribution is -2.26. The van der Waals surface area contributed by atoms with Crippen molar-refractivity contribution in [3.63, 3.8) is 0 Å².